The van der Waals surface area contributed by atoms with Gasteiger partial charge in [0.15, 0.2) is 0 Å². The molecular formula is C56H47N3. The van der Waals surface area contributed by atoms with Gasteiger partial charge in [-0.1, -0.05) is 137 Å². The molecule has 0 fully saturated rings. The summed E-state index contributed by atoms with van der Waals surface area (Å²) in [6.45, 7) is 9.66. The lowest BCUT2D eigenvalue weighted by Gasteiger charge is -2.42. The van der Waals surface area contributed by atoms with E-state index in [9.17, 15) is 0 Å². The van der Waals surface area contributed by atoms with Gasteiger partial charge in [0.2, 0.25) is 0 Å². The number of hydrogen-bond donors (Lipinski definition) is 0. The third-order valence-corrected chi connectivity index (χ3v) is 13.2. The highest BCUT2D eigenvalue weighted by Gasteiger charge is 2.37. The van der Waals surface area contributed by atoms with Crippen LogP contribution in [-0.4, -0.2) is 9.13 Å². The Hall–Kier alpha value is -6.84. The van der Waals surface area contributed by atoms with Gasteiger partial charge in [0, 0.05) is 50.0 Å². The van der Waals surface area contributed by atoms with Crippen molar-refractivity contribution in [1.82, 2.24) is 9.13 Å². The summed E-state index contributed by atoms with van der Waals surface area (Å²) in [5, 5.41) is 4.98. The SMILES string of the molecule is CC1(C)CCC(C)(C)c2cc(-n3c4ccccc4c4ccc(N(c5ccc(-c6ccccc6)cc5)c5ccc6c(c5)c5ccccc5n6-c5ccccc5)cc43)ccc21. The van der Waals surface area contributed by atoms with E-state index in [-0.39, 0.29) is 10.8 Å². The minimum atomic E-state index is 0.107. The molecule has 0 saturated heterocycles. The summed E-state index contributed by atoms with van der Waals surface area (Å²) in [6, 6.07) is 69.4. The molecule has 59 heavy (non-hydrogen) atoms. The van der Waals surface area contributed by atoms with Crippen molar-refractivity contribution in [3.05, 3.63) is 199 Å². The number of benzene rings is 8. The van der Waals surface area contributed by atoms with Gasteiger partial charge in [-0.25, -0.2) is 0 Å². The van der Waals surface area contributed by atoms with Crippen LogP contribution in [0.4, 0.5) is 17.1 Å². The van der Waals surface area contributed by atoms with Crippen molar-refractivity contribution in [1.29, 1.82) is 0 Å². The number of fused-ring (bicyclic) bond motifs is 7. The first-order valence-electron chi connectivity index (χ1n) is 21.0. The zero-order valence-electron chi connectivity index (χ0n) is 34.2. The van der Waals surface area contributed by atoms with Crippen LogP contribution in [0.5, 0.6) is 0 Å². The summed E-state index contributed by atoms with van der Waals surface area (Å²) in [5.74, 6) is 0. The second-order valence-electron chi connectivity index (χ2n) is 17.7. The van der Waals surface area contributed by atoms with E-state index in [0.29, 0.717) is 0 Å². The van der Waals surface area contributed by atoms with Crippen molar-refractivity contribution in [2.75, 3.05) is 4.90 Å². The fourth-order valence-corrected chi connectivity index (χ4v) is 9.93. The summed E-state index contributed by atoms with van der Waals surface area (Å²) in [7, 11) is 0. The van der Waals surface area contributed by atoms with Crippen LogP contribution in [0.15, 0.2) is 188 Å². The number of nitrogens with zero attached hydrogens (tertiary/aromatic N) is 3. The van der Waals surface area contributed by atoms with Crippen molar-refractivity contribution < 1.29 is 0 Å². The van der Waals surface area contributed by atoms with Gasteiger partial charge in [-0.05, 0) is 125 Å². The molecular weight excluding hydrogens is 715 g/mol. The molecule has 3 nitrogen and oxygen atoms in total. The highest BCUT2D eigenvalue weighted by atomic mass is 15.1. The summed E-state index contributed by atoms with van der Waals surface area (Å²) < 4.78 is 4.89. The first kappa shape index (κ1) is 35.3. The van der Waals surface area contributed by atoms with Crippen molar-refractivity contribution in [2.45, 2.75) is 51.4 Å². The number of aromatic nitrogens is 2. The maximum Gasteiger partial charge on any atom is 0.0561 e. The Morgan fingerprint density at radius 3 is 1.58 bits per heavy atom. The molecule has 1 aliphatic carbocycles. The van der Waals surface area contributed by atoms with Gasteiger partial charge in [0.25, 0.3) is 0 Å². The lowest BCUT2D eigenvalue weighted by Crippen LogP contribution is -2.33. The zero-order valence-corrected chi connectivity index (χ0v) is 34.2. The predicted octanol–water partition coefficient (Wildman–Crippen LogP) is 15.4. The Morgan fingerprint density at radius 2 is 0.864 bits per heavy atom. The van der Waals surface area contributed by atoms with Crippen LogP contribution in [0.3, 0.4) is 0 Å². The monoisotopic (exact) mass is 761 g/mol. The predicted molar refractivity (Wildman–Crippen MR) is 251 cm³/mol. The van der Waals surface area contributed by atoms with Crippen LogP contribution >= 0.6 is 0 Å². The Morgan fingerprint density at radius 1 is 0.356 bits per heavy atom. The molecule has 2 heterocycles. The summed E-state index contributed by atoms with van der Waals surface area (Å²) in [5.41, 5.74) is 16.1. The van der Waals surface area contributed by atoms with Gasteiger partial charge in [-0.3, -0.25) is 0 Å². The van der Waals surface area contributed by atoms with Crippen molar-refractivity contribution in [2.24, 2.45) is 0 Å². The zero-order chi connectivity index (χ0) is 39.9. The third-order valence-electron chi connectivity index (χ3n) is 13.2. The van der Waals surface area contributed by atoms with Crippen LogP contribution in [0.2, 0.25) is 0 Å². The lowest BCUT2D eigenvalue weighted by atomic mass is 9.63. The molecule has 2 aromatic heterocycles. The largest absolute Gasteiger partial charge is 0.310 e. The Bertz CT molecular complexity index is 3200. The fourth-order valence-electron chi connectivity index (χ4n) is 9.93. The van der Waals surface area contributed by atoms with Crippen LogP contribution < -0.4 is 4.90 Å². The lowest BCUT2D eigenvalue weighted by molar-refractivity contribution is 0.332. The first-order chi connectivity index (χ1) is 28.7. The average molecular weight is 762 g/mol. The quantitative estimate of drug-likeness (QED) is 0.164. The van der Waals surface area contributed by atoms with Crippen LogP contribution in [0.1, 0.15) is 51.7 Å². The average Bonchev–Trinajstić information content (AvgIpc) is 3.78. The van der Waals surface area contributed by atoms with E-state index in [1.54, 1.807) is 0 Å². The molecule has 286 valence electrons. The van der Waals surface area contributed by atoms with Crippen molar-refractivity contribution >= 4 is 60.7 Å². The number of rotatable bonds is 6. The van der Waals surface area contributed by atoms with E-state index in [1.807, 2.05) is 0 Å². The second-order valence-corrected chi connectivity index (χ2v) is 17.7. The molecule has 0 atom stereocenters. The summed E-state index contributed by atoms with van der Waals surface area (Å²) in [4.78, 5) is 2.43. The van der Waals surface area contributed by atoms with Crippen LogP contribution in [-0.2, 0) is 10.8 Å². The topological polar surface area (TPSA) is 13.1 Å². The standard InChI is InChI=1S/C56H47N3/c1-55(2)33-34-56(3,4)50-36-43(28-31-49(50)55)59-51-21-13-11-19-45(51)47-30-27-44(37-54(47)59)57(41-25-23-39(24-26-41)38-15-7-5-8-16-38)42-29-32-53-48(35-42)46-20-12-14-22-52(46)58(53)40-17-9-6-10-18-40/h5-32,35-37H,33-34H2,1-4H3. The number of hydrogen-bond acceptors (Lipinski definition) is 1. The molecule has 0 unspecified atom stereocenters. The first-order valence-corrected chi connectivity index (χ1v) is 21.0. The Balaban J connectivity index is 1.14. The van der Waals surface area contributed by atoms with E-state index < -0.39 is 0 Å². The van der Waals surface area contributed by atoms with E-state index in [4.69, 9.17) is 0 Å². The van der Waals surface area contributed by atoms with Gasteiger partial charge in [0.1, 0.15) is 0 Å². The molecule has 0 aliphatic heterocycles. The third kappa shape index (κ3) is 5.71. The highest BCUT2D eigenvalue weighted by molar-refractivity contribution is 6.12. The van der Waals surface area contributed by atoms with Crippen LogP contribution in [0.25, 0.3) is 66.1 Å². The normalized spacial score (nSPS) is 14.6. The molecule has 0 radical (unpaired) electrons. The van der Waals surface area contributed by atoms with Gasteiger partial charge in [-0.2, -0.15) is 0 Å². The highest BCUT2D eigenvalue weighted by Crippen LogP contribution is 2.48. The van der Waals surface area contributed by atoms with Crippen molar-refractivity contribution in [3.8, 4) is 22.5 Å². The maximum absolute atomic E-state index is 2.50. The van der Waals surface area contributed by atoms with Gasteiger partial charge in [0.05, 0.1) is 22.1 Å². The van der Waals surface area contributed by atoms with Gasteiger partial charge in [-0.15, -0.1) is 0 Å². The molecule has 1 aliphatic rings. The number of anilines is 3. The molecule has 0 saturated carbocycles. The molecule has 0 amide bonds. The molecule has 8 aromatic carbocycles. The summed E-state index contributed by atoms with van der Waals surface area (Å²) >= 11 is 0. The van der Waals surface area contributed by atoms with Gasteiger partial charge < -0.3 is 14.0 Å². The van der Waals surface area contributed by atoms with E-state index >= 15 is 0 Å². The maximum atomic E-state index is 2.50. The summed E-state index contributed by atoms with van der Waals surface area (Å²) in [6.07, 6.45) is 2.38. The second kappa shape index (κ2) is 13.4. The molecule has 3 heteroatoms. The minimum absolute atomic E-state index is 0.107. The molecule has 10 aromatic rings. The minimum Gasteiger partial charge on any atom is -0.310 e. The Labute approximate surface area is 346 Å². The molecule has 11 rings (SSSR count). The molecule has 0 bridgehead atoms. The molecule has 0 N–H and O–H groups in total. The van der Waals surface area contributed by atoms with Crippen molar-refractivity contribution in [3.63, 3.8) is 0 Å². The van der Waals surface area contributed by atoms with E-state index in [1.165, 1.54) is 84.4 Å². The fraction of sp³-hybridized carbons (Fsp3) is 0.143. The van der Waals surface area contributed by atoms with E-state index in [0.717, 1.165) is 22.7 Å². The number of para-hydroxylation sites is 3. The van der Waals surface area contributed by atoms with E-state index in [2.05, 4.69) is 230 Å². The smallest absolute Gasteiger partial charge is 0.0561 e. The molecule has 0 spiro atoms. The van der Waals surface area contributed by atoms with Gasteiger partial charge >= 0.3 is 0 Å². The Kier molecular flexibility index (Phi) is 8.00. The van der Waals surface area contributed by atoms with Crippen LogP contribution in [0, 0.1) is 0 Å².